The minimum Gasteiger partial charge on any atom is -0.302 e. The zero-order valence-electron chi connectivity index (χ0n) is 11.3. The number of nitrogens with one attached hydrogen (secondary N) is 1. The minimum absolute atomic E-state index is 0.286. The monoisotopic (exact) mass is 277 g/mol. The molecule has 0 amide bonds. The molecule has 102 valence electrons. The molecule has 0 spiro atoms. The lowest BCUT2D eigenvalue weighted by molar-refractivity contribution is 0.228. The van der Waals surface area contributed by atoms with E-state index in [9.17, 15) is 0 Å². The van der Waals surface area contributed by atoms with Gasteiger partial charge in [0.15, 0.2) is 0 Å². The molecule has 2 aliphatic rings. The molecule has 1 fully saturated rings. The summed E-state index contributed by atoms with van der Waals surface area (Å²) in [6, 6.07) is 8.42. The third-order valence-corrected chi connectivity index (χ3v) is 4.30. The summed E-state index contributed by atoms with van der Waals surface area (Å²) in [7, 11) is 0. The van der Waals surface area contributed by atoms with Gasteiger partial charge in [0.2, 0.25) is 0 Å². The van der Waals surface area contributed by atoms with Crippen LogP contribution in [0.4, 0.5) is 0 Å². The van der Waals surface area contributed by atoms with Crippen LogP contribution in [0.25, 0.3) is 0 Å². The van der Waals surface area contributed by atoms with Gasteiger partial charge in [0, 0.05) is 36.2 Å². The first-order valence-corrected chi connectivity index (χ1v) is 7.45. The number of hydrogen-bond acceptors (Lipinski definition) is 3. The van der Waals surface area contributed by atoms with Gasteiger partial charge in [-0.3, -0.25) is 0 Å². The summed E-state index contributed by atoms with van der Waals surface area (Å²) < 4.78 is 0. The van der Waals surface area contributed by atoms with Gasteiger partial charge in [-0.05, 0) is 30.7 Å². The highest BCUT2D eigenvalue weighted by Crippen LogP contribution is 2.33. The average Bonchev–Trinajstić information content (AvgIpc) is 2.82. The molecule has 2 heterocycles. The Kier molecular flexibility index (Phi) is 3.76. The molecule has 1 N–H and O–H groups in total. The predicted molar refractivity (Wildman–Crippen MR) is 79.6 cm³/mol. The molecule has 2 atom stereocenters. The van der Waals surface area contributed by atoms with Crippen LogP contribution in [-0.4, -0.2) is 30.2 Å². The molecule has 0 radical (unpaired) electrons. The molecule has 0 saturated carbocycles. The second-order valence-corrected chi connectivity index (χ2v) is 5.86. The normalized spacial score (nSPS) is 26.7. The lowest BCUT2D eigenvalue weighted by Crippen LogP contribution is -2.42. The van der Waals surface area contributed by atoms with Crippen LogP contribution >= 0.6 is 11.6 Å². The first kappa shape index (κ1) is 12.9. The Hall–Kier alpha value is -1.06. The van der Waals surface area contributed by atoms with Crippen molar-refractivity contribution >= 4 is 17.3 Å². The zero-order chi connectivity index (χ0) is 13.2. The standard InChI is InChI=1S/C15H20ClN3/c1-2-7-19-8-6-14-13(10-19)15(18-17-14)11-4-3-5-12(16)9-11/h3-5,9,13,15,18H,2,6-8,10H2,1H3. The fourth-order valence-corrected chi connectivity index (χ4v) is 3.34. The third-order valence-electron chi connectivity index (χ3n) is 4.06. The lowest BCUT2D eigenvalue weighted by Gasteiger charge is -2.33. The number of nitrogens with zero attached hydrogens (tertiary/aromatic N) is 2. The molecular weight excluding hydrogens is 258 g/mol. The Morgan fingerprint density at radius 1 is 1.47 bits per heavy atom. The molecule has 0 bridgehead atoms. The quantitative estimate of drug-likeness (QED) is 0.919. The Morgan fingerprint density at radius 3 is 3.16 bits per heavy atom. The van der Waals surface area contributed by atoms with Crippen LogP contribution in [0.5, 0.6) is 0 Å². The van der Waals surface area contributed by atoms with Crippen LogP contribution in [-0.2, 0) is 0 Å². The van der Waals surface area contributed by atoms with E-state index in [1.807, 2.05) is 12.1 Å². The van der Waals surface area contributed by atoms with Crippen LogP contribution in [0.3, 0.4) is 0 Å². The highest BCUT2D eigenvalue weighted by Gasteiger charge is 2.36. The largest absolute Gasteiger partial charge is 0.302 e. The van der Waals surface area contributed by atoms with Gasteiger partial charge in [-0.25, -0.2) is 0 Å². The first-order valence-electron chi connectivity index (χ1n) is 7.07. The van der Waals surface area contributed by atoms with Gasteiger partial charge in [0.25, 0.3) is 0 Å². The van der Waals surface area contributed by atoms with Crippen LogP contribution in [0, 0.1) is 5.92 Å². The summed E-state index contributed by atoms with van der Waals surface area (Å²) in [6.07, 6.45) is 2.31. The van der Waals surface area contributed by atoms with Gasteiger partial charge in [0.05, 0.1) is 6.04 Å². The van der Waals surface area contributed by atoms with Crippen molar-refractivity contribution in [3.8, 4) is 0 Å². The molecule has 19 heavy (non-hydrogen) atoms. The van der Waals surface area contributed by atoms with Crippen LogP contribution in [0.15, 0.2) is 29.4 Å². The number of hydrogen-bond donors (Lipinski definition) is 1. The van der Waals surface area contributed by atoms with Crippen LogP contribution in [0.1, 0.15) is 31.4 Å². The number of likely N-dealkylation sites (tertiary alicyclic amines) is 1. The molecule has 2 unspecified atom stereocenters. The summed E-state index contributed by atoms with van der Waals surface area (Å²) >= 11 is 6.10. The summed E-state index contributed by atoms with van der Waals surface area (Å²) in [5.74, 6) is 0.499. The lowest BCUT2D eigenvalue weighted by atomic mass is 9.86. The fourth-order valence-electron chi connectivity index (χ4n) is 3.14. The molecule has 4 heteroatoms. The minimum atomic E-state index is 0.286. The van der Waals surface area contributed by atoms with E-state index in [0.29, 0.717) is 5.92 Å². The van der Waals surface area contributed by atoms with Crippen molar-refractivity contribution in [1.82, 2.24) is 10.3 Å². The first-order chi connectivity index (χ1) is 9.28. The Labute approximate surface area is 119 Å². The SMILES string of the molecule is CCCN1CCC2=NNC(c3cccc(Cl)c3)C2C1. The van der Waals surface area contributed by atoms with Crippen molar-refractivity contribution in [2.45, 2.75) is 25.8 Å². The van der Waals surface area contributed by atoms with E-state index in [2.05, 4.69) is 34.5 Å². The maximum absolute atomic E-state index is 6.10. The van der Waals surface area contributed by atoms with Gasteiger partial charge in [-0.15, -0.1) is 0 Å². The molecule has 3 rings (SSSR count). The topological polar surface area (TPSA) is 27.6 Å². The summed E-state index contributed by atoms with van der Waals surface area (Å²) in [6.45, 7) is 5.68. The zero-order valence-corrected chi connectivity index (χ0v) is 12.0. The van der Waals surface area contributed by atoms with E-state index in [4.69, 9.17) is 11.6 Å². The van der Waals surface area contributed by atoms with E-state index in [-0.39, 0.29) is 6.04 Å². The number of benzene rings is 1. The maximum Gasteiger partial charge on any atom is 0.0783 e. The second-order valence-electron chi connectivity index (χ2n) is 5.42. The molecule has 3 nitrogen and oxygen atoms in total. The third kappa shape index (κ3) is 2.63. The smallest absolute Gasteiger partial charge is 0.0783 e. The molecule has 1 saturated heterocycles. The molecule has 0 aromatic heterocycles. The highest BCUT2D eigenvalue weighted by atomic mass is 35.5. The molecule has 2 aliphatic heterocycles. The van der Waals surface area contributed by atoms with Crippen LogP contribution in [0.2, 0.25) is 5.02 Å². The number of rotatable bonds is 3. The fraction of sp³-hybridized carbons (Fsp3) is 0.533. The Bertz CT molecular complexity index is 486. The average molecular weight is 278 g/mol. The Morgan fingerprint density at radius 2 is 2.37 bits per heavy atom. The number of hydrazone groups is 1. The van der Waals surface area contributed by atoms with E-state index >= 15 is 0 Å². The van der Waals surface area contributed by atoms with Crippen molar-refractivity contribution in [3.05, 3.63) is 34.9 Å². The molecule has 1 aromatic rings. The maximum atomic E-state index is 6.10. The van der Waals surface area contributed by atoms with Crippen molar-refractivity contribution in [1.29, 1.82) is 0 Å². The summed E-state index contributed by atoms with van der Waals surface area (Å²) in [5, 5.41) is 5.34. The van der Waals surface area contributed by atoms with E-state index < -0.39 is 0 Å². The molecule has 1 aromatic carbocycles. The summed E-state index contributed by atoms with van der Waals surface area (Å²) in [5.41, 5.74) is 5.88. The molecule has 0 aliphatic carbocycles. The van der Waals surface area contributed by atoms with Crippen molar-refractivity contribution in [3.63, 3.8) is 0 Å². The Balaban J connectivity index is 1.78. The van der Waals surface area contributed by atoms with Crippen molar-refractivity contribution in [2.24, 2.45) is 11.0 Å². The number of piperidine rings is 1. The van der Waals surface area contributed by atoms with Crippen molar-refractivity contribution in [2.75, 3.05) is 19.6 Å². The van der Waals surface area contributed by atoms with E-state index in [0.717, 1.165) is 24.5 Å². The van der Waals surface area contributed by atoms with Gasteiger partial charge < -0.3 is 10.3 Å². The predicted octanol–water partition coefficient (Wildman–Crippen LogP) is 3.07. The highest BCUT2D eigenvalue weighted by molar-refractivity contribution is 6.30. The van der Waals surface area contributed by atoms with E-state index in [1.165, 1.54) is 24.2 Å². The van der Waals surface area contributed by atoms with Gasteiger partial charge >= 0.3 is 0 Å². The van der Waals surface area contributed by atoms with Crippen LogP contribution < -0.4 is 5.43 Å². The second kappa shape index (κ2) is 5.51. The number of halogens is 1. The van der Waals surface area contributed by atoms with Crippen molar-refractivity contribution < 1.29 is 0 Å². The summed E-state index contributed by atoms with van der Waals surface area (Å²) in [4.78, 5) is 2.55. The van der Waals surface area contributed by atoms with E-state index in [1.54, 1.807) is 0 Å². The molecular formula is C15H20ClN3. The van der Waals surface area contributed by atoms with Gasteiger partial charge in [0.1, 0.15) is 0 Å². The van der Waals surface area contributed by atoms with Gasteiger partial charge in [-0.2, -0.15) is 5.10 Å². The number of fused-ring (bicyclic) bond motifs is 1. The van der Waals surface area contributed by atoms with Gasteiger partial charge in [-0.1, -0.05) is 30.7 Å².